The van der Waals surface area contributed by atoms with E-state index in [-0.39, 0.29) is 5.78 Å². The van der Waals surface area contributed by atoms with E-state index in [2.05, 4.69) is 11.9 Å². The van der Waals surface area contributed by atoms with Crippen molar-refractivity contribution in [2.75, 3.05) is 12.4 Å². The molecular formula is C12H13NO2. The summed E-state index contributed by atoms with van der Waals surface area (Å²) in [5, 5.41) is 3.14. The number of carbonyl (C=O) groups is 1. The number of hydrogen-bond donors (Lipinski definition) is 1. The summed E-state index contributed by atoms with van der Waals surface area (Å²) in [7, 11) is 1.58. The molecule has 0 fully saturated rings. The first-order valence-corrected chi connectivity index (χ1v) is 4.75. The number of nitrogens with one attached hydrogen (secondary N) is 1. The van der Waals surface area contributed by atoms with E-state index in [0.717, 1.165) is 5.69 Å². The highest BCUT2D eigenvalue weighted by atomic mass is 16.5. The van der Waals surface area contributed by atoms with Crippen LogP contribution in [0.3, 0.4) is 0 Å². The van der Waals surface area contributed by atoms with E-state index in [1.807, 2.05) is 19.1 Å². The second-order valence-electron chi connectivity index (χ2n) is 3.77. The lowest BCUT2D eigenvalue weighted by Gasteiger charge is -2.17. The van der Waals surface area contributed by atoms with E-state index in [4.69, 9.17) is 4.74 Å². The van der Waals surface area contributed by atoms with Gasteiger partial charge in [-0.3, -0.25) is 4.79 Å². The highest BCUT2D eigenvalue weighted by Crippen LogP contribution is 2.34. The predicted molar refractivity (Wildman–Crippen MR) is 59.5 cm³/mol. The number of methoxy groups -OCH3 is 1. The Morgan fingerprint density at radius 3 is 2.87 bits per heavy atom. The van der Waals surface area contributed by atoms with Gasteiger partial charge in [0.2, 0.25) is 0 Å². The van der Waals surface area contributed by atoms with Gasteiger partial charge in [-0.2, -0.15) is 0 Å². The van der Waals surface area contributed by atoms with Crippen LogP contribution in [-0.2, 0) is 0 Å². The molecule has 0 radical (unpaired) electrons. The zero-order chi connectivity index (χ0) is 11.1. The lowest BCUT2D eigenvalue weighted by atomic mass is 9.96. The molecule has 0 saturated carbocycles. The van der Waals surface area contributed by atoms with Gasteiger partial charge in [0.05, 0.1) is 7.11 Å². The molecule has 1 N–H and O–H groups in total. The maximum atomic E-state index is 12.0. The summed E-state index contributed by atoms with van der Waals surface area (Å²) in [4.78, 5) is 12.0. The largest absolute Gasteiger partial charge is 0.497 e. The van der Waals surface area contributed by atoms with Crippen LogP contribution in [0.2, 0.25) is 0 Å². The molecule has 1 heterocycles. The Kier molecular flexibility index (Phi) is 2.03. The molecule has 2 rings (SSSR count). The molecule has 1 aliphatic heterocycles. The summed E-state index contributed by atoms with van der Waals surface area (Å²) in [6.07, 6.45) is 1.63. The standard InChI is InChI=1S/C12H13NO2/c1-4-12(2)11(14)9-7-8(15-3)5-6-10(9)13-12/h4-7,13H,1H2,2-3H3. The summed E-state index contributed by atoms with van der Waals surface area (Å²) in [6.45, 7) is 5.49. The Balaban J connectivity index is 2.51. The maximum Gasteiger partial charge on any atom is 0.194 e. The number of ketones is 1. The normalized spacial score (nSPS) is 23.2. The molecule has 0 saturated heterocycles. The minimum Gasteiger partial charge on any atom is -0.497 e. The molecular weight excluding hydrogens is 190 g/mol. The third kappa shape index (κ3) is 1.31. The molecule has 1 atom stereocenters. The minimum atomic E-state index is -0.686. The average molecular weight is 203 g/mol. The van der Waals surface area contributed by atoms with Crippen molar-refractivity contribution in [3.63, 3.8) is 0 Å². The van der Waals surface area contributed by atoms with Gasteiger partial charge in [0.1, 0.15) is 11.3 Å². The second kappa shape index (κ2) is 3.12. The molecule has 15 heavy (non-hydrogen) atoms. The van der Waals surface area contributed by atoms with Crippen molar-refractivity contribution in [3.05, 3.63) is 36.4 Å². The molecule has 1 aromatic rings. The fraction of sp³-hybridized carbons (Fsp3) is 0.250. The van der Waals surface area contributed by atoms with Crippen molar-refractivity contribution >= 4 is 11.5 Å². The Labute approximate surface area is 88.8 Å². The van der Waals surface area contributed by atoms with E-state index in [1.54, 1.807) is 19.3 Å². The van der Waals surface area contributed by atoms with E-state index in [0.29, 0.717) is 11.3 Å². The van der Waals surface area contributed by atoms with Gasteiger partial charge in [0, 0.05) is 11.3 Å². The van der Waals surface area contributed by atoms with Crippen molar-refractivity contribution in [2.45, 2.75) is 12.5 Å². The first-order chi connectivity index (χ1) is 7.10. The summed E-state index contributed by atoms with van der Waals surface area (Å²) >= 11 is 0. The Morgan fingerprint density at radius 1 is 1.53 bits per heavy atom. The first-order valence-electron chi connectivity index (χ1n) is 4.75. The molecule has 0 spiro atoms. The molecule has 0 bridgehead atoms. The number of rotatable bonds is 2. The van der Waals surface area contributed by atoms with Crippen LogP contribution in [-0.4, -0.2) is 18.4 Å². The van der Waals surface area contributed by atoms with Crippen LogP contribution in [0.15, 0.2) is 30.9 Å². The highest BCUT2D eigenvalue weighted by molar-refractivity contribution is 6.14. The summed E-state index contributed by atoms with van der Waals surface area (Å²) in [5.74, 6) is 0.726. The Morgan fingerprint density at radius 2 is 2.27 bits per heavy atom. The quantitative estimate of drug-likeness (QED) is 0.749. The van der Waals surface area contributed by atoms with E-state index < -0.39 is 5.54 Å². The van der Waals surface area contributed by atoms with Gasteiger partial charge in [0.25, 0.3) is 0 Å². The summed E-state index contributed by atoms with van der Waals surface area (Å²) in [6, 6.07) is 5.42. The van der Waals surface area contributed by atoms with Crippen molar-refractivity contribution in [2.24, 2.45) is 0 Å². The number of anilines is 1. The van der Waals surface area contributed by atoms with Gasteiger partial charge >= 0.3 is 0 Å². The van der Waals surface area contributed by atoms with Crippen LogP contribution < -0.4 is 10.1 Å². The third-order valence-corrected chi connectivity index (χ3v) is 2.75. The zero-order valence-corrected chi connectivity index (χ0v) is 8.83. The molecule has 3 heteroatoms. The van der Waals surface area contributed by atoms with E-state index in [9.17, 15) is 4.79 Å². The van der Waals surface area contributed by atoms with Gasteiger partial charge in [-0.25, -0.2) is 0 Å². The fourth-order valence-corrected chi connectivity index (χ4v) is 1.71. The fourth-order valence-electron chi connectivity index (χ4n) is 1.71. The van der Waals surface area contributed by atoms with Gasteiger partial charge < -0.3 is 10.1 Å². The van der Waals surface area contributed by atoms with Crippen LogP contribution in [0, 0.1) is 0 Å². The molecule has 0 amide bonds. The van der Waals surface area contributed by atoms with Crippen molar-refractivity contribution in [1.82, 2.24) is 0 Å². The molecule has 78 valence electrons. The molecule has 3 nitrogen and oxygen atoms in total. The summed E-state index contributed by atoms with van der Waals surface area (Å²) in [5.41, 5.74) is 0.814. The maximum absolute atomic E-state index is 12.0. The average Bonchev–Trinajstić information content (AvgIpc) is 2.52. The molecule has 1 unspecified atom stereocenters. The van der Waals surface area contributed by atoms with Crippen molar-refractivity contribution in [3.8, 4) is 5.75 Å². The van der Waals surface area contributed by atoms with Crippen molar-refractivity contribution in [1.29, 1.82) is 0 Å². The number of fused-ring (bicyclic) bond motifs is 1. The molecule has 0 aliphatic carbocycles. The number of Topliss-reactive ketones (excluding diaryl/α,β-unsaturated/α-hetero) is 1. The number of ether oxygens (including phenoxy) is 1. The highest BCUT2D eigenvalue weighted by Gasteiger charge is 2.38. The minimum absolute atomic E-state index is 0.0337. The number of benzene rings is 1. The van der Waals surface area contributed by atoms with Crippen LogP contribution >= 0.6 is 0 Å². The monoisotopic (exact) mass is 203 g/mol. The van der Waals surface area contributed by atoms with Crippen LogP contribution in [0.25, 0.3) is 0 Å². The van der Waals surface area contributed by atoms with Crippen molar-refractivity contribution < 1.29 is 9.53 Å². The first kappa shape index (κ1) is 9.77. The lowest BCUT2D eigenvalue weighted by Crippen LogP contribution is -2.35. The van der Waals surface area contributed by atoms with Crippen LogP contribution in [0.5, 0.6) is 5.75 Å². The van der Waals surface area contributed by atoms with Gasteiger partial charge in [-0.1, -0.05) is 6.08 Å². The predicted octanol–water partition coefficient (Wildman–Crippen LogP) is 2.25. The Bertz CT molecular complexity index is 439. The van der Waals surface area contributed by atoms with Crippen LogP contribution in [0.4, 0.5) is 5.69 Å². The van der Waals surface area contributed by atoms with Crippen LogP contribution in [0.1, 0.15) is 17.3 Å². The lowest BCUT2D eigenvalue weighted by molar-refractivity contribution is 0.0954. The van der Waals surface area contributed by atoms with Gasteiger partial charge in [-0.15, -0.1) is 6.58 Å². The topological polar surface area (TPSA) is 38.3 Å². The second-order valence-corrected chi connectivity index (χ2v) is 3.77. The number of hydrogen-bond acceptors (Lipinski definition) is 3. The van der Waals surface area contributed by atoms with Gasteiger partial charge in [0.15, 0.2) is 5.78 Å². The van der Waals surface area contributed by atoms with Gasteiger partial charge in [-0.05, 0) is 25.1 Å². The molecule has 0 aromatic heterocycles. The molecule has 1 aromatic carbocycles. The van der Waals surface area contributed by atoms with E-state index in [1.165, 1.54) is 0 Å². The third-order valence-electron chi connectivity index (χ3n) is 2.75. The Hall–Kier alpha value is -1.77. The SMILES string of the molecule is C=CC1(C)Nc2ccc(OC)cc2C1=O. The molecule has 1 aliphatic rings. The number of carbonyl (C=O) groups excluding carboxylic acids is 1. The smallest absolute Gasteiger partial charge is 0.194 e. The van der Waals surface area contributed by atoms with E-state index >= 15 is 0 Å². The summed E-state index contributed by atoms with van der Waals surface area (Å²) < 4.78 is 5.08. The zero-order valence-electron chi connectivity index (χ0n) is 8.83.